The lowest BCUT2D eigenvalue weighted by molar-refractivity contribution is -0.143. The average molecular weight is 1300 g/mol. The van der Waals surface area contributed by atoms with Crippen LogP contribution in [0.25, 0.3) is 0 Å². The summed E-state index contributed by atoms with van der Waals surface area (Å²) in [5.41, 5.74) is -41.8. The van der Waals surface area contributed by atoms with E-state index in [1.807, 2.05) is 0 Å². The molecule has 0 unspecified atom stereocenters. The van der Waals surface area contributed by atoms with E-state index in [9.17, 15) is 19.2 Å². The van der Waals surface area contributed by atoms with Crippen LogP contribution in [0.4, 0.5) is 87.8 Å². The third-order valence-electron chi connectivity index (χ3n) is 12.7. The maximum atomic E-state index is 16.4. The molecule has 0 atom stereocenters. The predicted molar refractivity (Wildman–Crippen MR) is 268 cm³/mol. The molecule has 4 aromatic rings. The smallest absolute Gasteiger partial charge is 0.433 e. The number of halogens is 20. The number of aromatic nitrogens is 4. The van der Waals surface area contributed by atoms with Crippen LogP contribution in [0.2, 0.25) is 0 Å². The second-order valence-corrected chi connectivity index (χ2v) is 22.1. The van der Waals surface area contributed by atoms with E-state index in [1.165, 1.54) is 0 Å². The van der Waals surface area contributed by atoms with Gasteiger partial charge >= 0.3 is 48.6 Å². The van der Waals surface area contributed by atoms with Gasteiger partial charge in [0.1, 0.15) is 45.6 Å². The van der Waals surface area contributed by atoms with E-state index in [0.717, 1.165) is 55.4 Å². The van der Waals surface area contributed by atoms with Crippen molar-refractivity contribution in [3.63, 3.8) is 0 Å². The Hall–Kier alpha value is -6.57. The lowest BCUT2D eigenvalue weighted by Gasteiger charge is -2.36. The number of methoxy groups -OCH3 is 4. The molecular formula is C54H54F20N4O8S. The molecule has 0 bridgehead atoms. The summed E-state index contributed by atoms with van der Waals surface area (Å²) in [7, 11) is 1.73. The zero-order valence-electron chi connectivity index (χ0n) is 47.6. The molecule has 0 radical (unpaired) electrons. The Balaban J connectivity index is 2.98. The Morgan fingerprint density at radius 2 is 0.506 bits per heavy atom. The van der Waals surface area contributed by atoms with Gasteiger partial charge in [-0.2, -0.15) is 52.7 Å². The van der Waals surface area contributed by atoms with Crippen LogP contribution in [0.3, 0.4) is 0 Å². The molecule has 0 N–H and O–H groups in total. The minimum atomic E-state index is -6.43. The van der Waals surface area contributed by atoms with Gasteiger partial charge in [0.2, 0.25) is 0 Å². The summed E-state index contributed by atoms with van der Waals surface area (Å²) in [5, 5.41) is -7.57. The molecule has 0 saturated heterocycles. The van der Waals surface area contributed by atoms with Crippen molar-refractivity contribution in [2.75, 3.05) is 28.4 Å². The minimum Gasteiger partial charge on any atom is -0.465 e. The Labute approximate surface area is 486 Å². The molecule has 4 rings (SSSR count). The molecule has 0 aliphatic carbocycles. The summed E-state index contributed by atoms with van der Waals surface area (Å²) >= 11 is -1.06. The zero-order valence-corrected chi connectivity index (χ0v) is 48.4. The Morgan fingerprint density at radius 3 is 0.621 bits per heavy atom. The number of esters is 4. The molecule has 87 heavy (non-hydrogen) atoms. The van der Waals surface area contributed by atoms with Crippen LogP contribution >= 0.6 is 11.8 Å². The van der Waals surface area contributed by atoms with Crippen molar-refractivity contribution >= 4 is 35.6 Å². The Bertz CT molecular complexity index is 2800. The van der Waals surface area contributed by atoms with Crippen LogP contribution in [0.5, 0.6) is 0 Å². The molecule has 0 aromatic carbocycles. The summed E-state index contributed by atoms with van der Waals surface area (Å²) in [6.07, 6.45) is -48.2. The van der Waals surface area contributed by atoms with Crippen LogP contribution in [0.1, 0.15) is 223 Å². The van der Waals surface area contributed by atoms with Gasteiger partial charge in [-0.05, 0) is 71.6 Å². The fraction of sp³-hybridized carbons (Fsp3) is 0.556. The van der Waals surface area contributed by atoms with E-state index in [1.54, 1.807) is 0 Å². The lowest BCUT2D eigenvalue weighted by atomic mass is 9.83. The van der Waals surface area contributed by atoms with Gasteiger partial charge in [-0.15, -0.1) is 11.8 Å². The number of carbonyl (C=O) groups is 4. The Morgan fingerprint density at radius 1 is 0.345 bits per heavy atom. The molecule has 33 heteroatoms. The third-order valence-corrected chi connectivity index (χ3v) is 14.2. The number of hydrogen-bond donors (Lipinski definition) is 0. The van der Waals surface area contributed by atoms with E-state index >= 15 is 87.8 Å². The summed E-state index contributed by atoms with van der Waals surface area (Å²) in [6, 6.07) is 0. The van der Waals surface area contributed by atoms with Gasteiger partial charge in [0, 0.05) is 22.3 Å². The largest absolute Gasteiger partial charge is 0.465 e. The van der Waals surface area contributed by atoms with Gasteiger partial charge in [-0.3, -0.25) is 0 Å². The van der Waals surface area contributed by atoms with Gasteiger partial charge < -0.3 is 18.9 Å². The van der Waals surface area contributed by atoms with Crippen LogP contribution in [0.15, 0.2) is 0 Å². The average Bonchev–Trinajstić information content (AvgIpc) is 0.735. The number of ether oxygens (including phenoxy) is 4. The van der Waals surface area contributed by atoms with E-state index in [2.05, 4.69) is 38.9 Å². The first-order chi connectivity index (χ1) is 39.8. The van der Waals surface area contributed by atoms with Crippen LogP contribution in [-0.4, -0.2) is 72.3 Å². The molecular weight excluding hydrogens is 1240 g/mol. The molecule has 0 aliphatic heterocycles. The Kier molecular flexibility index (Phi) is 23.3. The molecule has 12 nitrogen and oxygen atoms in total. The SMILES string of the molecule is COC(=O)c1c(C(F)F)nc(C(F)(F)F)c(C(SC(c2c(C(F)(F)F)nc(C(F)F)c(C(=O)OC)c2CC(C)C)c2c(C(F)(F)F)nc(C(F)F)c(C(=O)OC)c2CC(C)C)c2c(C(F)(F)F)nc(C(F)F)c(C(=O)OC)c2CC(C)C)c1CC(C)C. The topological polar surface area (TPSA) is 157 Å². The van der Waals surface area contributed by atoms with E-state index in [0.29, 0.717) is 28.4 Å². The second-order valence-electron chi connectivity index (χ2n) is 20.9. The highest BCUT2D eigenvalue weighted by atomic mass is 32.2. The molecule has 484 valence electrons. The first kappa shape index (κ1) is 72.9. The highest BCUT2D eigenvalue weighted by Crippen LogP contribution is 2.60. The van der Waals surface area contributed by atoms with Gasteiger partial charge in [0.25, 0.3) is 25.7 Å². The van der Waals surface area contributed by atoms with Gasteiger partial charge in [-0.25, -0.2) is 74.2 Å². The summed E-state index contributed by atoms with van der Waals surface area (Å²) < 4.78 is 338. The monoisotopic (exact) mass is 1300 g/mol. The van der Waals surface area contributed by atoms with Crippen molar-refractivity contribution in [2.24, 2.45) is 23.7 Å². The minimum absolute atomic E-state index is 0.433. The number of rotatable bonds is 22. The highest BCUT2D eigenvalue weighted by molar-refractivity contribution is 8.00. The molecule has 4 heterocycles. The number of carbonyl (C=O) groups excluding carboxylic acids is 4. The summed E-state index contributed by atoms with van der Waals surface area (Å²) in [6.45, 7) is 8.57. The van der Waals surface area contributed by atoms with E-state index in [-0.39, 0.29) is 0 Å². The zero-order chi connectivity index (χ0) is 66.8. The van der Waals surface area contributed by atoms with Crippen molar-refractivity contribution in [2.45, 2.75) is 142 Å². The molecule has 0 spiro atoms. The summed E-state index contributed by atoms with van der Waals surface area (Å²) in [4.78, 5) is 67.8. The van der Waals surface area contributed by atoms with Crippen molar-refractivity contribution in [3.05, 3.63) is 112 Å². The standard InChI is InChI=1S/C54H54F20N4O8S/c1-17(2)13-21-25(47(79)83-9)33(43(55)56)75-39(51(63,64)65)29(21)37(30-22(14-18(3)4)26(48(80)84-10)34(44(57)58)76-40(30)52(66,67)68)87-38(31-23(15-19(5)6)27(49(81)85-11)35(45(59)60)77-41(31)53(69,70)71)32-24(16-20(7)8)28(50(82)86-12)36(46(61)62)78-42(32)54(72,73)74/h17-20,37-38,43-46H,13-16H2,1-12H3. The predicted octanol–water partition coefficient (Wildman–Crippen LogP) is 16.6. The second kappa shape index (κ2) is 27.9. The van der Waals surface area contributed by atoms with Gasteiger partial charge in [0.15, 0.2) is 0 Å². The maximum Gasteiger partial charge on any atom is 0.433 e. The van der Waals surface area contributed by atoms with Crippen LogP contribution in [-0.2, 0) is 69.3 Å². The fourth-order valence-electron chi connectivity index (χ4n) is 9.80. The van der Waals surface area contributed by atoms with Crippen molar-refractivity contribution in [3.8, 4) is 0 Å². The molecule has 0 aliphatic rings. The highest BCUT2D eigenvalue weighted by Gasteiger charge is 2.53. The van der Waals surface area contributed by atoms with Crippen molar-refractivity contribution < 1.29 is 126 Å². The van der Waals surface area contributed by atoms with Crippen LogP contribution < -0.4 is 0 Å². The fourth-order valence-corrected chi connectivity index (χ4v) is 11.6. The van der Waals surface area contributed by atoms with Gasteiger partial charge in [-0.1, -0.05) is 55.4 Å². The van der Waals surface area contributed by atoms with E-state index < -0.39 is 258 Å². The van der Waals surface area contributed by atoms with Crippen LogP contribution in [0, 0.1) is 23.7 Å². The van der Waals surface area contributed by atoms with Crippen molar-refractivity contribution in [1.82, 2.24) is 19.9 Å². The molecule has 0 fully saturated rings. The number of pyridine rings is 4. The first-order valence-corrected chi connectivity index (χ1v) is 26.5. The molecule has 0 amide bonds. The van der Waals surface area contributed by atoms with Gasteiger partial charge in [0.05, 0.1) is 61.2 Å². The van der Waals surface area contributed by atoms with E-state index in [4.69, 9.17) is 0 Å². The number of thioether (sulfide) groups is 1. The third kappa shape index (κ3) is 15.8. The maximum absolute atomic E-state index is 16.4. The number of alkyl halides is 20. The normalized spacial score (nSPS) is 12.9. The first-order valence-electron chi connectivity index (χ1n) is 25.5. The molecule has 4 aromatic heterocycles. The number of nitrogens with zero attached hydrogens (tertiary/aromatic N) is 4. The quantitative estimate of drug-likeness (QED) is 0.0416. The number of hydrogen-bond acceptors (Lipinski definition) is 13. The van der Waals surface area contributed by atoms with Crippen molar-refractivity contribution in [1.29, 1.82) is 0 Å². The summed E-state index contributed by atoms with van der Waals surface area (Å²) in [5.74, 6) is -13.8. The lowest BCUT2D eigenvalue weighted by Crippen LogP contribution is -2.30. The molecule has 0 saturated carbocycles.